The summed E-state index contributed by atoms with van der Waals surface area (Å²) in [7, 11) is 0. The fraction of sp³-hybridized carbons (Fsp3) is 0.385. The molecule has 1 aliphatic heterocycles. The predicted octanol–water partition coefficient (Wildman–Crippen LogP) is 3.27. The molecule has 2 aromatic rings. The number of nitrogens with zero attached hydrogens (tertiary/aromatic N) is 3. The third kappa shape index (κ3) is 2.54. The Hall–Kier alpha value is -1.50. The van der Waals surface area contributed by atoms with Crippen LogP contribution >= 0.6 is 15.9 Å². The van der Waals surface area contributed by atoms with Crippen molar-refractivity contribution in [2.45, 2.75) is 32.4 Å². The molecule has 0 saturated carbocycles. The van der Waals surface area contributed by atoms with E-state index in [1.165, 1.54) is 6.07 Å². The van der Waals surface area contributed by atoms with Crippen LogP contribution in [0.2, 0.25) is 0 Å². The summed E-state index contributed by atoms with van der Waals surface area (Å²) in [5, 5.41) is 11.2. The molecule has 2 heterocycles. The normalized spacial score (nSPS) is 14.2. The van der Waals surface area contributed by atoms with Crippen LogP contribution in [0.3, 0.4) is 0 Å². The van der Waals surface area contributed by atoms with Gasteiger partial charge < -0.3 is 9.88 Å². The number of halogens is 3. The van der Waals surface area contributed by atoms with Crippen molar-refractivity contribution in [1.82, 2.24) is 14.8 Å². The molecule has 1 aliphatic rings. The van der Waals surface area contributed by atoms with E-state index in [0.717, 1.165) is 43.5 Å². The zero-order valence-corrected chi connectivity index (χ0v) is 12.3. The van der Waals surface area contributed by atoms with Crippen LogP contribution in [-0.2, 0) is 19.5 Å². The molecule has 106 valence electrons. The predicted molar refractivity (Wildman–Crippen MR) is 74.3 cm³/mol. The van der Waals surface area contributed by atoms with Gasteiger partial charge in [-0.25, -0.2) is 8.78 Å². The maximum Gasteiger partial charge on any atom is 0.152 e. The molecule has 0 atom stereocenters. The third-order valence-electron chi connectivity index (χ3n) is 3.37. The van der Waals surface area contributed by atoms with Crippen molar-refractivity contribution in [2.24, 2.45) is 0 Å². The molecule has 1 aromatic carbocycles. The summed E-state index contributed by atoms with van der Waals surface area (Å²) in [6, 6.07) is 2.08. The maximum atomic E-state index is 13.7. The molecule has 0 saturated heterocycles. The summed E-state index contributed by atoms with van der Waals surface area (Å²) >= 11 is 3.15. The first-order valence-corrected chi connectivity index (χ1v) is 7.24. The van der Waals surface area contributed by atoms with Gasteiger partial charge in [-0.1, -0.05) is 0 Å². The minimum Gasteiger partial charge on any atom is -0.374 e. The lowest BCUT2D eigenvalue weighted by Crippen LogP contribution is -2.15. The molecular formula is C13H13BrF2N4. The molecule has 0 amide bonds. The molecule has 7 heteroatoms. The van der Waals surface area contributed by atoms with E-state index in [4.69, 9.17) is 0 Å². The van der Waals surface area contributed by atoms with E-state index in [1.807, 2.05) is 0 Å². The molecule has 1 aromatic heterocycles. The molecule has 0 radical (unpaired) electrons. The summed E-state index contributed by atoms with van der Waals surface area (Å²) in [4.78, 5) is 0. The van der Waals surface area contributed by atoms with Gasteiger partial charge in [0.2, 0.25) is 0 Å². The van der Waals surface area contributed by atoms with Gasteiger partial charge in [0.05, 0.1) is 12.2 Å². The van der Waals surface area contributed by atoms with Gasteiger partial charge in [-0.05, 0) is 34.8 Å². The highest BCUT2D eigenvalue weighted by Gasteiger charge is 2.16. The van der Waals surface area contributed by atoms with Crippen LogP contribution in [0.1, 0.15) is 24.5 Å². The first kappa shape index (κ1) is 13.5. The highest BCUT2D eigenvalue weighted by molar-refractivity contribution is 9.10. The third-order valence-corrected chi connectivity index (χ3v) is 3.99. The first-order chi connectivity index (χ1) is 9.65. The highest BCUT2D eigenvalue weighted by atomic mass is 79.9. The second kappa shape index (κ2) is 5.47. The maximum absolute atomic E-state index is 13.7. The number of nitrogens with one attached hydrogen (secondary N) is 1. The largest absolute Gasteiger partial charge is 0.374 e. The first-order valence-electron chi connectivity index (χ1n) is 6.44. The quantitative estimate of drug-likeness (QED) is 0.930. The zero-order chi connectivity index (χ0) is 14.1. The molecule has 0 aliphatic carbocycles. The van der Waals surface area contributed by atoms with Crippen LogP contribution < -0.4 is 5.32 Å². The molecule has 0 spiro atoms. The van der Waals surface area contributed by atoms with Gasteiger partial charge in [-0.2, -0.15) is 0 Å². The van der Waals surface area contributed by atoms with Gasteiger partial charge in [0.25, 0.3) is 0 Å². The van der Waals surface area contributed by atoms with E-state index in [2.05, 4.69) is 36.0 Å². The summed E-state index contributed by atoms with van der Waals surface area (Å²) in [6.45, 7) is 1.25. The molecule has 1 N–H and O–H groups in total. The summed E-state index contributed by atoms with van der Waals surface area (Å²) in [5.41, 5.74) is 0.236. The molecule has 3 rings (SSSR count). The van der Waals surface area contributed by atoms with Crippen molar-refractivity contribution in [3.05, 3.63) is 39.9 Å². The fourth-order valence-corrected chi connectivity index (χ4v) is 2.93. The standard InChI is InChI=1S/C13H13BrF2N4/c14-9-5-8(15)6-10(16)13(9)17-7-12-19-18-11-3-1-2-4-20(11)12/h5-6,17H,1-4,7H2. The average molecular weight is 343 g/mol. The van der Waals surface area contributed by atoms with E-state index in [0.29, 0.717) is 11.0 Å². The Morgan fingerprint density at radius 1 is 1.25 bits per heavy atom. The number of aromatic nitrogens is 3. The van der Waals surface area contributed by atoms with Crippen LogP contribution in [0.4, 0.5) is 14.5 Å². The Morgan fingerprint density at radius 2 is 2.10 bits per heavy atom. The van der Waals surface area contributed by atoms with Gasteiger partial charge in [-0.3, -0.25) is 0 Å². The van der Waals surface area contributed by atoms with E-state index in [9.17, 15) is 8.78 Å². The minimum absolute atomic E-state index is 0.236. The lowest BCUT2D eigenvalue weighted by molar-refractivity contribution is 0.509. The second-order valence-corrected chi connectivity index (χ2v) is 5.59. The van der Waals surface area contributed by atoms with E-state index in [1.54, 1.807) is 0 Å². The van der Waals surface area contributed by atoms with Gasteiger partial charge in [-0.15, -0.1) is 10.2 Å². The molecule has 0 bridgehead atoms. The number of hydrogen-bond donors (Lipinski definition) is 1. The Bertz CT molecular complexity index is 618. The molecule has 20 heavy (non-hydrogen) atoms. The number of aryl methyl sites for hydroxylation is 1. The van der Waals surface area contributed by atoms with Gasteiger partial charge in [0.15, 0.2) is 5.82 Å². The summed E-state index contributed by atoms with van der Waals surface area (Å²) < 4.78 is 29.1. The Kier molecular flexibility index (Phi) is 3.69. The van der Waals surface area contributed by atoms with Crippen LogP contribution in [-0.4, -0.2) is 14.8 Å². The topological polar surface area (TPSA) is 42.7 Å². The van der Waals surface area contributed by atoms with Crippen LogP contribution in [0.15, 0.2) is 16.6 Å². The number of fused-ring (bicyclic) bond motifs is 1. The van der Waals surface area contributed by atoms with Gasteiger partial charge >= 0.3 is 0 Å². The average Bonchev–Trinajstić information content (AvgIpc) is 2.81. The number of rotatable bonds is 3. The van der Waals surface area contributed by atoms with Gasteiger partial charge in [0.1, 0.15) is 17.5 Å². The minimum atomic E-state index is -0.629. The lowest BCUT2D eigenvalue weighted by Gasteiger charge is -2.15. The van der Waals surface area contributed by atoms with Gasteiger partial charge in [0, 0.05) is 23.5 Å². The Labute approximate surface area is 123 Å². The van der Waals surface area contributed by atoms with Crippen LogP contribution in [0, 0.1) is 11.6 Å². The van der Waals surface area contributed by atoms with E-state index < -0.39 is 11.6 Å². The smallest absolute Gasteiger partial charge is 0.152 e. The molecule has 4 nitrogen and oxygen atoms in total. The number of anilines is 1. The van der Waals surface area contributed by atoms with Crippen molar-refractivity contribution in [2.75, 3.05) is 5.32 Å². The summed E-state index contributed by atoms with van der Waals surface area (Å²) in [5.74, 6) is 0.511. The Morgan fingerprint density at radius 3 is 2.90 bits per heavy atom. The van der Waals surface area contributed by atoms with Crippen LogP contribution in [0.5, 0.6) is 0 Å². The highest BCUT2D eigenvalue weighted by Crippen LogP contribution is 2.27. The van der Waals surface area contributed by atoms with Crippen molar-refractivity contribution in [3.8, 4) is 0 Å². The Balaban J connectivity index is 1.79. The summed E-state index contributed by atoms with van der Waals surface area (Å²) in [6.07, 6.45) is 3.16. The molecule has 0 unspecified atom stereocenters. The molecular weight excluding hydrogens is 330 g/mol. The SMILES string of the molecule is Fc1cc(F)c(NCc2nnc3n2CCCC3)c(Br)c1. The number of hydrogen-bond acceptors (Lipinski definition) is 3. The van der Waals surface area contributed by atoms with Crippen molar-refractivity contribution < 1.29 is 8.78 Å². The second-order valence-electron chi connectivity index (χ2n) is 4.74. The van der Waals surface area contributed by atoms with Crippen molar-refractivity contribution in [3.63, 3.8) is 0 Å². The molecule has 0 fully saturated rings. The number of benzene rings is 1. The van der Waals surface area contributed by atoms with Crippen molar-refractivity contribution >= 4 is 21.6 Å². The lowest BCUT2D eigenvalue weighted by atomic mass is 10.2. The zero-order valence-electron chi connectivity index (χ0n) is 10.7. The van der Waals surface area contributed by atoms with E-state index in [-0.39, 0.29) is 5.69 Å². The van der Waals surface area contributed by atoms with Crippen LogP contribution in [0.25, 0.3) is 0 Å². The monoisotopic (exact) mass is 342 g/mol. The van der Waals surface area contributed by atoms with E-state index >= 15 is 0 Å². The fourth-order valence-electron chi connectivity index (χ4n) is 2.38. The van der Waals surface area contributed by atoms with Crippen molar-refractivity contribution in [1.29, 1.82) is 0 Å².